The number of hydrogen-bond acceptors (Lipinski definition) is 3. The van der Waals surface area contributed by atoms with Gasteiger partial charge in [-0.15, -0.1) is 0 Å². The second kappa shape index (κ2) is 8.13. The van der Waals surface area contributed by atoms with E-state index < -0.39 is 0 Å². The third kappa shape index (κ3) is 4.52. The molecule has 0 spiro atoms. The van der Waals surface area contributed by atoms with Crippen molar-refractivity contribution in [3.63, 3.8) is 0 Å². The first-order valence-corrected chi connectivity index (χ1v) is 8.07. The Hall–Kier alpha value is -0.120. The van der Waals surface area contributed by atoms with Gasteiger partial charge in [-0.2, -0.15) is 0 Å². The molecular weight excluding hydrogens is 222 g/mol. The number of rotatable bonds is 5. The minimum Gasteiger partial charge on any atom is -0.315 e. The molecule has 1 heterocycles. The van der Waals surface area contributed by atoms with E-state index in [4.69, 9.17) is 0 Å². The third-order valence-electron chi connectivity index (χ3n) is 4.63. The highest BCUT2D eigenvalue weighted by atomic mass is 15.2. The lowest BCUT2D eigenvalue weighted by molar-refractivity contribution is 0.140. The predicted molar refractivity (Wildman–Crippen MR) is 78.0 cm³/mol. The monoisotopic (exact) mass is 253 g/mol. The zero-order chi connectivity index (χ0) is 12.6. The van der Waals surface area contributed by atoms with E-state index in [-0.39, 0.29) is 0 Å². The van der Waals surface area contributed by atoms with E-state index in [0.29, 0.717) is 0 Å². The quantitative estimate of drug-likeness (QED) is 0.808. The molecule has 1 aliphatic heterocycles. The van der Waals surface area contributed by atoms with E-state index in [1.807, 2.05) is 0 Å². The van der Waals surface area contributed by atoms with Gasteiger partial charge in [-0.3, -0.25) is 4.90 Å². The summed E-state index contributed by atoms with van der Waals surface area (Å²) in [6, 6.07) is 0.883. The van der Waals surface area contributed by atoms with Gasteiger partial charge in [-0.25, -0.2) is 0 Å². The molecule has 0 unspecified atom stereocenters. The summed E-state index contributed by atoms with van der Waals surface area (Å²) in [5.41, 5.74) is 0. The molecule has 0 aromatic heterocycles. The molecule has 1 saturated heterocycles. The Balaban J connectivity index is 1.71. The number of nitrogens with zero attached hydrogens (tertiary/aromatic N) is 2. The van der Waals surface area contributed by atoms with E-state index in [1.54, 1.807) is 0 Å². The van der Waals surface area contributed by atoms with E-state index >= 15 is 0 Å². The third-order valence-corrected chi connectivity index (χ3v) is 4.63. The maximum absolute atomic E-state index is 3.49. The van der Waals surface area contributed by atoms with Crippen molar-refractivity contribution in [2.75, 3.05) is 45.8 Å². The molecule has 0 amide bonds. The van der Waals surface area contributed by atoms with Gasteiger partial charge in [-0.1, -0.05) is 26.2 Å². The van der Waals surface area contributed by atoms with Crippen molar-refractivity contribution >= 4 is 0 Å². The van der Waals surface area contributed by atoms with Crippen LogP contribution in [0.15, 0.2) is 0 Å². The van der Waals surface area contributed by atoms with Crippen LogP contribution in [0.4, 0.5) is 0 Å². The van der Waals surface area contributed by atoms with Crippen molar-refractivity contribution in [2.24, 2.45) is 0 Å². The van der Waals surface area contributed by atoms with Crippen molar-refractivity contribution in [2.45, 2.75) is 51.5 Å². The van der Waals surface area contributed by atoms with Gasteiger partial charge in [0.25, 0.3) is 0 Å². The molecule has 3 nitrogen and oxygen atoms in total. The van der Waals surface area contributed by atoms with Gasteiger partial charge in [0.2, 0.25) is 0 Å². The number of nitrogens with one attached hydrogen (secondary N) is 1. The molecular formula is C15H31N3. The molecule has 2 aliphatic rings. The fraction of sp³-hybridized carbons (Fsp3) is 1.00. The summed E-state index contributed by atoms with van der Waals surface area (Å²) in [6.45, 7) is 11.0. The van der Waals surface area contributed by atoms with Gasteiger partial charge in [0, 0.05) is 32.2 Å². The Kier molecular flexibility index (Phi) is 6.46. The van der Waals surface area contributed by atoms with Crippen LogP contribution in [0, 0.1) is 0 Å². The zero-order valence-electron chi connectivity index (χ0n) is 12.2. The Morgan fingerprint density at radius 1 is 1.06 bits per heavy atom. The van der Waals surface area contributed by atoms with E-state index in [2.05, 4.69) is 22.0 Å². The number of likely N-dealkylation sites (N-methyl/N-ethyl adjacent to an activating group) is 1. The summed E-state index contributed by atoms with van der Waals surface area (Å²) in [5.74, 6) is 0. The lowest BCUT2D eigenvalue weighted by atomic mass is 9.94. The topological polar surface area (TPSA) is 18.5 Å². The van der Waals surface area contributed by atoms with Crippen LogP contribution in [-0.4, -0.2) is 61.7 Å². The fourth-order valence-corrected chi connectivity index (χ4v) is 3.44. The summed E-state index contributed by atoms with van der Waals surface area (Å²) >= 11 is 0. The van der Waals surface area contributed by atoms with Crippen molar-refractivity contribution in [1.82, 2.24) is 15.1 Å². The van der Waals surface area contributed by atoms with Gasteiger partial charge < -0.3 is 10.2 Å². The van der Waals surface area contributed by atoms with Gasteiger partial charge in [-0.05, 0) is 38.9 Å². The van der Waals surface area contributed by atoms with Gasteiger partial charge in [0.15, 0.2) is 0 Å². The summed E-state index contributed by atoms with van der Waals surface area (Å²) in [6.07, 6.45) is 8.57. The second-order valence-corrected chi connectivity index (χ2v) is 5.87. The summed E-state index contributed by atoms with van der Waals surface area (Å²) in [5, 5.41) is 3.49. The van der Waals surface area contributed by atoms with Gasteiger partial charge in [0.1, 0.15) is 0 Å². The smallest absolute Gasteiger partial charge is 0.0112 e. The maximum atomic E-state index is 3.49. The standard InChI is InChI=1S/C15H31N3/c1-2-18(15-7-4-3-5-8-15)14-13-17-11-6-9-16-10-12-17/h15-16H,2-14H2,1H3. The Morgan fingerprint density at radius 2 is 1.89 bits per heavy atom. The highest BCUT2D eigenvalue weighted by Gasteiger charge is 2.20. The SMILES string of the molecule is CCN(CCN1CCCNCC1)C1CCCCC1. The average molecular weight is 253 g/mol. The van der Waals surface area contributed by atoms with Crippen LogP contribution < -0.4 is 5.32 Å². The number of hydrogen-bond donors (Lipinski definition) is 1. The first-order chi connectivity index (χ1) is 8.90. The summed E-state index contributed by atoms with van der Waals surface area (Å²) in [7, 11) is 0. The Morgan fingerprint density at radius 3 is 2.67 bits per heavy atom. The predicted octanol–water partition coefficient (Wildman–Crippen LogP) is 1.94. The van der Waals surface area contributed by atoms with E-state index in [0.717, 1.165) is 6.04 Å². The lowest BCUT2D eigenvalue weighted by Crippen LogP contribution is -2.42. The molecule has 1 aliphatic carbocycles. The summed E-state index contributed by atoms with van der Waals surface area (Å²) < 4.78 is 0. The Labute approximate surface area is 113 Å². The van der Waals surface area contributed by atoms with Crippen LogP contribution in [0.1, 0.15) is 45.4 Å². The van der Waals surface area contributed by atoms with Gasteiger partial charge >= 0.3 is 0 Å². The molecule has 0 radical (unpaired) electrons. The minimum atomic E-state index is 0.883. The van der Waals surface area contributed by atoms with Crippen molar-refractivity contribution in [1.29, 1.82) is 0 Å². The maximum Gasteiger partial charge on any atom is 0.0112 e. The molecule has 0 aromatic carbocycles. The normalized spacial score (nSPS) is 24.3. The molecule has 18 heavy (non-hydrogen) atoms. The minimum absolute atomic E-state index is 0.883. The molecule has 0 aromatic rings. The van der Waals surface area contributed by atoms with Crippen LogP contribution in [0.25, 0.3) is 0 Å². The molecule has 1 N–H and O–H groups in total. The van der Waals surface area contributed by atoms with E-state index in [9.17, 15) is 0 Å². The van der Waals surface area contributed by atoms with Crippen LogP contribution in [0.3, 0.4) is 0 Å². The Bertz CT molecular complexity index is 206. The molecule has 2 fully saturated rings. The lowest BCUT2D eigenvalue weighted by Gasteiger charge is -2.35. The first-order valence-electron chi connectivity index (χ1n) is 8.07. The highest BCUT2D eigenvalue weighted by molar-refractivity contribution is 4.76. The van der Waals surface area contributed by atoms with Crippen LogP contribution >= 0.6 is 0 Å². The highest BCUT2D eigenvalue weighted by Crippen LogP contribution is 2.22. The molecule has 0 bridgehead atoms. The second-order valence-electron chi connectivity index (χ2n) is 5.87. The largest absolute Gasteiger partial charge is 0.315 e. The first kappa shape index (κ1) is 14.3. The van der Waals surface area contributed by atoms with Crippen LogP contribution in [-0.2, 0) is 0 Å². The molecule has 0 atom stereocenters. The average Bonchev–Trinajstić information content (AvgIpc) is 2.69. The zero-order valence-corrected chi connectivity index (χ0v) is 12.2. The van der Waals surface area contributed by atoms with E-state index in [1.165, 1.54) is 84.3 Å². The van der Waals surface area contributed by atoms with Crippen molar-refractivity contribution in [3.8, 4) is 0 Å². The molecule has 106 valence electrons. The molecule has 2 rings (SSSR count). The van der Waals surface area contributed by atoms with Crippen LogP contribution in [0.5, 0.6) is 0 Å². The molecule has 3 heteroatoms. The van der Waals surface area contributed by atoms with Crippen LogP contribution in [0.2, 0.25) is 0 Å². The van der Waals surface area contributed by atoms with Crippen molar-refractivity contribution < 1.29 is 0 Å². The fourth-order valence-electron chi connectivity index (χ4n) is 3.44. The van der Waals surface area contributed by atoms with Gasteiger partial charge in [0.05, 0.1) is 0 Å². The molecule has 1 saturated carbocycles. The summed E-state index contributed by atoms with van der Waals surface area (Å²) in [4.78, 5) is 5.38. The van der Waals surface area contributed by atoms with Crippen molar-refractivity contribution in [3.05, 3.63) is 0 Å².